The molecule has 0 atom stereocenters. The molecule has 0 aliphatic carbocycles. The molecule has 0 radical (unpaired) electrons. The first-order chi connectivity index (χ1) is 14.1. The molecule has 1 aromatic carbocycles. The van der Waals surface area contributed by atoms with Crippen molar-refractivity contribution in [1.29, 1.82) is 0 Å². The van der Waals surface area contributed by atoms with Gasteiger partial charge >= 0.3 is 0 Å². The molecule has 2 aliphatic heterocycles. The third-order valence-corrected chi connectivity index (χ3v) is 5.36. The van der Waals surface area contributed by atoms with Gasteiger partial charge in [0.2, 0.25) is 5.43 Å². The van der Waals surface area contributed by atoms with Crippen LogP contribution in [0.4, 0.5) is 0 Å². The van der Waals surface area contributed by atoms with Gasteiger partial charge in [-0.25, -0.2) is 0 Å². The van der Waals surface area contributed by atoms with Crippen LogP contribution in [0.15, 0.2) is 41.3 Å². The Kier molecular flexibility index (Phi) is 5.24. The summed E-state index contributed by atoms with van der Waals surface area (Å²) < 4.78 is 7.43. The third-order valence-electron chi connectivity index (χ3n) is 5.36. The molecule has 1 saturated heterocycles. The zero-order valence-corrected chi connectivity index (χ0v) is 16.2. The second-order valence-electron chi connectivity index (χ2n) is 7.39. The number of pyridine rings is 1. The monoisotopic (exact) mass is 396 g/mol. The number of rotatable bonds is 4. The minimum Gasteiger partial charge on any atom is -0.482 e. The van der Waals surface area contributed by atoms with E-state index in [0.717, 1.165) is 31.2 Å². The number of amides is 2. The number of benzene rings is 1. The van der Waals surface area contributed by atoms with Gasteiger partial charge in [-0.15, -0.1) is 0 Å². The van der Waals surface area contributed by atoms with Gasteiger partial charge in [0.25, 0.3) is 11.8 Å². The van der Waals surface area contributed by atoms with Crippen LogP contribution >= 0.6 is 0 Å². The Morgan fingerprint density at radius 1 is 1.03 bits per heavy atom. The molecule has 29 heavy (non-hydrogen) atoms. The van der Waals surface area contributed by atoms with Crippen molar-refractivity contribution in [1.82, 2.24) is 9.58 Å². The Morgan fingerprint density at radius 2 is 1.76 bits per heavy atom. The highest BCUT2D eigenvalue weighted by molar-refractivity contribution is 5.99. The Labute approximate surface area is 168 Å². The highest BCUT2D eigenvalue weighted by Crippen LogP contribution is 2.25. The number of aromatic nitrogens is 1. The standard InChI is InChI=1S/C21H24N4O4/c22-20(27)16-12-25-17(19(18(16)26)29-13-15-8-4-3-5-9-15)21(28)23-10-6-1-2-7-11-24(25)14-23/h3-5,8-9,12H,1-2,6-7,10-11,13-14H2,(H2,22,27). The highest BCUT2D eigenvalue weighted by atomic mass is 16.5. The van der Waals surface area contributed by atoms with Crippen molar-refractivity contribution < 1.29 is 14.3 Å². The van der Waals surface area contributed by atoms with E-state index in [2.05, 4.69) is 0 Å². The van der Waals surface area contributed by atoms with Crippen LogP contribution in [0.25, 0.3) is 0 Å². The van der Waals surface area contributed by atoms with Crippen LogP contribution in [-0.2, 0) is 6.61 Å². The first-order valence-corrected chi connectivity index (χ1v) is 9.87. The van der Waals surface area contributed by atoms with Gasteiger partial charge in [-0.1, -0.05) is 43.2 Å². The van der Waals surface area contributed by atoms with Crippen LogP contribution in [0, 0.1) is 0 Å². The summed E-state index contributed by atoms with van der Waals surface area (Å²) in [6.07, 6.45) is 5.37. The summed E-state index contributed by atoms with van der Waals surface area (Å²) in [6.45, 7) is 1.85. The molecule has 0 unspecified atom stereocenters. The number of hydrogen-bond acceptors (Lipinski definition) is 5. The minimum atomic E-state index is -0.839. The SMILES string of the molecule is NC(=O)c1cn2c(c(OCc3ccccc3)c1=O)C(=O)N1CCCCCCN2C1. The van der Waals surface area contributed by atoms with E-state index < -0.39 is 11.3 Å². The second-order valence-corrected chi connectivity index (χ2v) is 7.39. The zero-order chi connectivity index (χ0) is 20.4. The summed E-state index contributed by atoms with van der Waals surface area (Å²) in [5.74, 6) is -1.22. The molecule has 1 aromatic heterocycles. The molecular formula is C21H24N4O4. The molecule has 8 nitrogen and oxygen atoms in total. The Balaban J connectivity index is 1.82. The molecule has 4 rings (SSSR count). The van der Waals surface area contributed by atoms with Crippen LogP contribution < -0.4 is 20.9 Å². The number of nitrogens with zero attached hydrogens (tertiary/aromatic N) is 3. The number of fused-ring (bicyclic) bond motifs is 4. The molecule has 3 heterocycles. The highest BCUT2D eigenvalue weighted by Gasteiger charge is 2.35. The summed E-state index contributed by atoms with van der Waals surface area (Å²) in [4.78, 5) is 39.8. The summed E-state index contributed by atoms with van der Waals surface area (Å²) >= 11 is 0. The van der Waals surface area contributed by atoms with Gasteiger partial charge in [0.05, 0.1) is 0 Å². The average molecular weight is 396 g/mol. The van der Waals surface area contributed by atoms with Gasteiger partial charge in [0, 0.05) is 19.3 Å². The van der Waals surface area contributed by atoms with Crippen LogP contribution in [0.1, 0.15) is 52.1 Å². The molecule has 152 valence electrons. The lowest BCUT2D eigenvalue weighted by atomic mass is 10.1. The number of ether oxygens (including phenoxy) is 1. The smallest absolute Gasteiger partial charge is 0.277 e. The van der Waals surface area contributed by atoms with Crippen molar-refractivity contribution in [3.63, 3.8) is 0 Å². The van der Waals surface area contributed by atoms with Gasteiger partial charge < -0.3 is 15.4 Å². The minimum absolute atomic E-state index is 0.110. The molecule has 1 fully saturated rings. The van der Waals surface area contributed by atoms with E-state index in [1.165, 1.54) is 6.20 Å². The molecule has 2 N–H and O–H groups in total. The molecule has 8 heteroatoms. The lowest BCUT2D eigenvalue weighted by molar-refractivity contribution is 0.0684. The normalized spacial score (nSPS) is 16.5. The Morgan fingerprint density at radius 3 is 2.48 bits per heavy atom. The van der Waals surface area contributed by atoms with Crippen molar-refractivity contribution in [3.05, 3.63) is 63.6 Å². The maximum absolute atomic E-state index is 13.2. The van der Waals surface area contributed by atoms with Gasteiger partial charge in [-0.2, -0.15) is 0 Å². The van der Waals surface area contributed by atoms with E-state index in [-0.39, 0.29) is 29.5 Å². The fourth-order valence-electron chi connectivity index (χ4n) is 3.82. The number of hydrogen-bond donors (Lipinski definition) is 1. The third kappa shape index (κ3) is 3.70. The van der Waals surface area contributed by atoms with Crippen LogP contribution in [-0.4, -0.2) is 41.1 Å². The van der Waals surface area contributed by atoms with Gasteiger partial charge in [-0.3, -0.25) is 24.1 Å². The van der Waals surface area contributed by atoms with Gasteiger partial charge in [0.15, 0.2) is 11.4 Å². The van der Waals surface area contributed by atoms with Crippen molar-refractivity contribution in [2.75, 3.05) is 24.8 Å². The lowest BCUT2D eigenvalue weighted by Gasteiger charge is -2.39. The lowest BCUT2D eigenvalue weighted by Crippen LogP contribution is -2.55. The van der Waals surface area contributed by atoms with Crippen molar-refractivity contribution in [3.8, 4) is 5.75 Å². The number of nitrogens with two attached hydrogens (primary N) is 1. The largest absolute Gasteiger partial charge is 0.482 e. The molecule has 2 aromatic rings. The molecular weight excluding hydrogens is 372 g/mol. The topological polar surface area (TPSA) is 97.9 Å². The Bertz CT molecular complexity index is 986. The van der Waals surface area contributed by atoms with Crippen molar-refractivity contribution in [2.45, 2.75) is 32.3 Å². The fraction of sp³-hybridized carbons (Fsp3) is 0.381. The molecule has 2 bridgehead atoms. The summed E-state index contributed by atoms with van der Waals surface area (Å²) in [5, 5.41) is 1.96. The first-order valence-electron chi connectivity index (χ1n) is 9.87. The first kappa shape index (κ1) is 19.0. The maximum Gasteiger partial charge on any atom is 0.277 e. The summed E-state index contributed by atoms with van der Waals surface area (Å²) in [7, 11) is 0. The van der Waals surface area contributed by atoms with E-state index in [9.17, 15) is 14.4 Å². The predicted molar refractivity (Wildman–Crippen MR) is 107 cm³/mol. The average Bonchev–Trinajstić information content (AvgIpc) is 2.83. The molecule has 2 amide bonds. The predicted octanol–water partition coefficient (Wildman–Crippen LogP) is 1.45. The van der Waals surface area contributed by atoms with Gasteiger partial charge in [0.1, 0.15) is 18.8 Å². The number of carbonyl (C=O) groups excluding carboxylic acids is 2. The number of carbonyl (C=O) groups is 2. The van der Waals surface area contributed by atoms with Crippen molar-refractivity contribution in [2.24, 2.45) is 5.73 Å². The van der Waals surface area contributed by atoms with Gasteiger partial charge in [-0.05, 0) is 18.4 Å². The van der Waals surface area contributed by atoms with Crippen LogP contribution in [0.2, 0.25) is 0 Å². The number of primary amides is 1. The molecule has 0 spiro atoms. The zero-order valence-electron chi connectivity index (χ0n) is 16.2. The van der Waals surface area contributed by atoms with E-state index in [1.54, 1.807) is 9.58 Å². The Hall–Kier alpha value is -3.29. The van der Waals surface area contributed by atoms with Crippen molar-refractivity contribution >= 4 is 11.8 Å². The van der Waals surface area contributed by atoms with E-state index in [1.807, 2.05) is 35.3 Å². The summed E-state index contributed by atoms with van der Waals surface area (Å²) in [6, 6.07) is 9.35. The fourth-order valence-corrected chi connectivity index (χ4v) is 3.82. The van der Waals surface area contributed by atoms with E-state index >= 15 is 0 Å². The molecule has 2 aliphatic rings. The summed E-state index contributed by atoms with van der Waals surface area (Å²) in [5.41, 5.74) is 5.62. The van der Waals surface area contributed by atoms with Crippen LogP contribution in [0.3, 0.4) is 0 Å². The quantitative estimate of drug-likeness (QED) is 0.844. The maximum atomic E-state index is 13.2. The second kappa shape index (κ2) is 7.98. The molecule has 0 saturated carbocycles. The van der Waals surface area contributed by atoms with E-state index in [4.69, 9.17) is 10.5 Å². The van der Waals surface area contributed by atoms with E-state index in [0.29, 0.717) is 19.8 Å². The van der Waals surface area contributed by atoms with Crippen LogP contribution in [0.5, 0.6) is 5.75 Å².